The molecule has 0 spiro atoms. The number of para-hydroxylation sites is 1. The summed E-state index contributed by atoms with van der Waals surface area (Å²) in [5.41, 5.74) is 0.969. The van der Waals surface area contributed by atoms with E-state index in [0.29, 0.717) is 0 Å². The molecule has 1 aliphatic carbocycles. The first-order valence-corrected chi connectivity index (χ1v) is 7.02. The van der Waals surface area contributed by atoms with Crippen molar-refractivity contribution >= 4 is 10.9 Å². The van der Waals surface area contributed by atoms with Gasteiger partial charge in [-0.15, -0.1) is 0 Å². The highest BCUT2D eigenvalue weighted by atomic mass is 16.5. The van der Waals surface area contributed by atoms with Gasteiger partial charge in [0, 0.05) is 5.39 Å². The summed E-state index contributed by atoms with van der Waals surface area (Å²) in [6, 6.07) is 9.98. The molecule has 1 aliphatic rings. The molecule has 100 valence electrons. The predicted octanol–water partition coefficient (Wildman–Crippen LogP) is 3.31. The lowest BCUT2D eigenvalue weighted by Gasteiger charge is -2.21. The molecule has 1 fully saturated rings. The van der Waals surface area contributed by atoms with Gasteiger partial charge in [0.1, 0.15) is 11.9 Å². The standard InChI is InChI=1S/C16H19NO2/c18-15-8-2-1-3-9-16(15)19-13-10-12-6-4-5-7-14(12)17-11-13/h4-7,10-11,15-16,18H,1-3,8-9H2. The number of aromatic nitrogens is 1. The molecule has 3 heteroatoms. The highest BCUT2D eigenvalue weighted by Gasteiger charge is 2.23. The Hall–Kier alpha value is -1.61. The van der Waals surface area contributed by atoms with Gasteiger partial charge in [0.2, 0.25) is 0 Å². The lowest BCUT2D eigenvalue weighted by molar-refractivity contribution is 0.0319. The molecule has 2 unspecified atom stereocenters. The van der Waals surface area contributed by atoms with Crippen molar-refractivity contribution in [3.63, 3.8) is 0 Å². The average molecular weight is 257 g/mol. The van der Waals surface area contributed by atoms with Crippen LogP contribution in [0.3, 0.4) is 0 Å². The lowest BCUT2D eigenvalue weighted by Crippen LogP contribution is -2.30. The Kier molecular flexibility index (Phi) is 3.65. The van der Waals surface area contributed by atoms with Crippen molar-refractivity contribution in [2.45, 2.75) is 44.3 Å². The average Bonchev–Trinajstić information content (AvgIpc) is 2.64. The Bertz CT molecular complexity index is 555. The van der Waals surface area contributed by atoms with Gasteiger partial charge >= 0.3 is 0 Å². The molecule has 0 saturated heterocycles. The zero-order valence-corrected chi connectivity index (χ0v) is 11.0. The highest BCUT2D eigenvalue weighted by molar-refractivity contribution is 5.79. The van der Waals surface area contributed by atoms with Crippen LogP contribution in [0.25, 0.3) is 10.9 Å². The number of pyridine rings is 1. The molecular weight excluding hydrogens is 238 g/mol. The second-order valence-corrected chi connectivity index (χ2v) is 5.23. The first-order chi connectivity index (χ1) is 9.33. The van der Waals surface area contributed by atoms with Crippen LogP contribution in [0, 0.1) is 0 Å². The Morgan fingerprint density at radius 1 is 1.11 bits per heavy atom. The summed E-state index contributed by atoms with van der Waals surface area (Å²) in [6.45, 7) is 0. The fraction of sp³-hybridized carbons (Fsp3) is 0.438. The van der Waals surface area contributed by atoms with Crippen molar-refractivity contribution in [3.05, 3.63) is 36.5 Å². The van der Waals surface area contributed by atoms with E-state index in [4.69, 9.17) is 4.74 Å². The van der Waals surface area contributed by atoms with Crippen LogP contribution < -0.4 is 4.74 Å². The van der Waals surface area contributed by atoms with Crippen molar-refractivity contribution in [1.82, 2.24) is 4.98 Å². The fourth-order valence-electron chi connectivity index (χ4n) is 2.68. The van der Waals surface area contributed by atoms with Crippen LogP contribution in [0.2, 0.25) is 0 Å². The molecule has 19 heavy (non-hydrogen) atoms. The van der Waals surface area contributed by atoms with Crippen LogP contribution in [0.5, 0.6) is 5.75 Å². The van der Waals surface area contributed by atoms with Crippen LogP contribution in [0.4, 0.5) is 0 Å². The second kappa shape index (κ2) is 5.57. The van der Waals surface area contributed by atoms with Crippen molar-refractivity contribution in [2.24, 2.45) is 0 Å². The van der Waals surface area contributed by atoms with E-state index in [0.717, 1.165) is 42.3 Å². The molecule has 1 N–H and O–H groups in total. The first kappa shape index (κ1) is 12.4. The molecule has 3 nitrogen and oxygen atoms in total. The lowest BCUT2D eigenvalue weighted by atomic mass is 10.1. The number of hydrogen-bond acceptors (Lipinski definition) is 3. The maximum absolute atomic E-state index is 10.1. The smallest absolute Gasteiger partial charge is 0.138 e. The summed E-state index contributed by atoms with van der Waals surface area (Å²) in [5, 5.41) is 11.2. The van der Waals surface area contributed by atoms with Gasteiger partial charge in [-0.2, -0.15) is 0 Å². The molecule has 1 saturated carbocycles. The topological polar surface area (TPSA) is 42.4 Å². The van der Waals surface area contributed by atoms with Crippen molar-refractivity contribution in [1.29, 1.82) is 0 Å². The summed E-state index contributed by atoms with van der Waals surface area (Å²) in [6.07, 6.45) is 6.48. The van der Waals surface area contributed by atoms with Gasteiger partial charge in [0.15, 0.2) is 0 Å². The van der Waals surface area contributed by atoms with E-state index in [-0.39, 0.29) is 12.2 Å². The molecule has 1 aromatic heterocycles. The Balaban J connectivity index is 1.80. The molecule has 0 radical (unpaired) electrons. The van der Waals surface area contributed by atoms with Crippen LogP contribution in [0.1, 0.15) is 32.1 Å². The molecule has 3 rings (SSSR count). The van der Waals surface area contributed by atoms with E-state index in [1.54, 1.807) is 6.20 Å². The second-order valence-electron chi connectivity index (χ2n) is 5.23. The van der Waals surface area contributed by atoms with Crippen molar-refractivity contribution < 1.29 is 9.84 Å². The first-order valence-electron chi connectivity index (χ1n) is 7.02. The third-order valence-electron chi connectivity index (χ3n) is 3.77. The maximum atomic E-state index is 10.1. The van der Waals surface area contributed by atoms with Gasteiger partial charge in [-0.05, 0) is 31.4 Å². The quantitative estimate of drug-likeness (QED) is 0.839. The minimum atomic E-state index is -0.353. The number of benzene rings is 1. The third kappa shape index (κ3) is 2.87. The number of aliphatic hydroxyl groups is 1. The van der Waals surface area contributed by atoms with Crippen LogP contribution in [-0.2, 0) is 0 Å². The molecule has 0 bridgehead atoms. The highest BCUT2D eigenvalue weighted by Crippen LogP contribution is 2.24. The Labute approximate surface area is 113 Å². The molecular formula is C16H19NO2. The van der Waals surface area contributed by atoms with Crippen molar-refractivity contribution in [2.75, 3.05) is 0 Å². The van der Waals surface area contributed by atoms with Crippen molar-refractivity contribution in [3.8, 4) is 5.75 Å². The monoisotopic (exact) mass is 257 g/mol. The Morgan fingerprint density at radius 2 is 1.95 bits per heavy atom. The summed E-state index contributed by atoms with van der Waals surface area (Å²) in [5.74, 6) is 0.754. The molecule has 2 atom stereocenters. The van der Waals surface area contributed by atoms with Gasteiger partial charge in [0.05, 0.1) is 17.8 Å². The third-order valence-corrected chi connectivity index (χ3v) is 3.77. The van der Waals surface area contributed by atoms with E-state index >= 15 is 0 Å². The number of hydrogen-bond donors (Lipinski definition) is 1. The van der Waals surface area contributed by atoms with E-state index in [9.17, 15) is 5.11 Å². The number of fused-ring (bicyclic) bond motifs is 1. The van der Waals surface area contributed by atoms with Crippen LogP contribution in [0.15, 0.2) is 36.5 Å². The molecule has 1 heterocycles. The zero-order valence-electron chi connectivity index (χ0n) is 11.0. The van der Waals surface area contributed by atoms with Gasteiger partial charge in [-0.1, -0.05) is 31.0 Å². The van der Waals surface area contributed by atoms with Gasteiger partial charge in [-0.25, -0.2) is 0 Å². The summed E-state index contributed by atoms with van der Waals surface area (Å²) < 4.78 is 5.94. The van der Waals surface area contributed by atoms with Crippen LogP contribution in [-0.4, -0.2) is 22.3 Å². The van der Waals surface area contributed by atoms with Gasteiger partial charge < -0.3 is 9.84 Å². The summed E-state index contributed by atoms with van der Waals surface area (Å²) in [4.78, 5) is 4.39. The van der Waals surface area contributed by atoms with E-state index < -0.39 is 0 Å². The van der Waals surface area contributed by atoms with Crippen LogP contribution >= 0.6 is 0 Å². The summed E-state index contributed by atoms with van der Waals surface area (Å²) in [7, 11) is 0. The predicted molar refractivity (Wildman–Crippen MR) is 75.3 cm³/mol. The van der Waals surface area contributed by atoms with Gasteiger partial charge in [-0.3, -0.25) is 4.98 Å². The molecule has 1 aromatic carbocycles. The van der Waals surface area contributed by atoms with Gasteiger partial charge in [0.25, 0.3) is 0 Å². The number of rotatable bonds is 2. The summed E-state index contributed by atoms with van der Waals surface area (Å²) >= 11 is 0. The molecule has 0 aliphatic heterocycles. The van der Waals surface area contributed by atoms with E-state index in [1.807, 2.05) is 30.3 Å². The minimum Gasteiger partial charge on any atom is -0.486 e. The number of nitrogens with zero attached hydrogens (tertiary/aromatic N) is 1. The van der Waals surface area contributed by atoms with E-state index in [1.165, 1.54) is 6.42 Å². The maximum Gasteiger partial charge on any atom is 0.138 e. The zero-order chi connectivity index (χ0) is 13.1. The molecule has 0 amide bonds. The largest absolute Gasteiger partial charge is 0.486 e. The normalized spacial score (nSPS) is 24.1. The van der Waals surface area contributed by atoms with E-state index in [2.05, 4.69) is 4.98 Å². The molecule has 2 aromatic rings. The number of aliphatic hydroxyl groups excluding tert-OH is 1. The fourth-order valence-corrected chi connectivity index (χ4v) is 2.68. The minimum absolute atomic E-state index is 0.0922. The SMILES string of the molecule is OC1CCCCCC1Oc1cnc2ccccc2c1. The Morgan fingerprint density at radius 3 is 2.89 bits per heavy atom. The number of ether oxygens (including phenoxy) is 1.